The van der Waals surface area contributed by atoms with Crippen molar-refractivity contribution in [3.63, 3.8) is 0 Å². The summed E-state index contributed by atoms with van der Waals surface area (Å²) in [6.07, 6.45) is -1.47. The standard InChI is InChI=1S/C18H20F2N4O3.C8H11F2N3O2/c19-18(20)8-6-13(7-9-18)15(22-23-21)16(25)24-14(11-27-17(24)26)10-12-4-2-1-3-5-12;9-8(10)3-1-5(2-4-8)6(7(14)15)12-13-11/h1-5,13-15H,6-11H2;5-6H,1-4H2,(H,14,15)/t14-,15-;6-/m00/s1. The largest absolute Gasteiger partial charge is 0.481 e. The lowest BCUT2D eigenvalue weighted by atomic mass is 9.81. The number of alkyl halides is 4. The third-order valence-corrected chi connectivity index (χ3v) is 7.79. The van der Waals surface area contributed by atoms with Gasteiger partial charge in [-0.3, -0.25) is 9.59 Å². The number of imide groups is 1. The molecular formula is C26H31F4N7O5. The van der Waals surface area contributed by atoms with Crippen LogP contribution in [-0.2, 0) is 20.7 Å². The maximum atomic E-state index is 13.4. The second kappa shape index (κ2) is 14.2. The first-order chi connectivity index (χ1) is 19.9. The summed E-state index contributed by atoms with van der Waals surface area (Å²) in [5.41, 5.74) is 17.9. The molecule has 0 radical (unpaired) electrons. The molecule has 4 rings (SSSR count). The summed E-state index contributed by atoms with van der Waals surface area (Å²) < 4.78 is 57.4. The first kappa shape index (κ1) is 32.5. The normalized spacial score (nSPS) is 23.2. The van der Waals surface area contributed by atoms with Crippen LogP contribution in [-0.4, -0.2) is 64.6 Å². The van der Waals surface area contributed by atoms with Gasteiger partial charge >= 0.3 is 12.1 Å². The summed E-state index contributed by atoms with van der Waals surface area (Å²) >= 11 is 0. The fraction of sp³-hybridized carbons (Fsp3) is 0.654. The number of azide groups is 2. The number of carbonyl (C=O) groups excluding carboxylic acids is 2. The van der Waals surface area contributed by atoms with Crippen LogP contribution >= 0.6 is 0 Å². The van der Waals surface area contributed by atoms with Gasteiger partial charge in [0.1, 0.15) is 18.7 Å². The van der Waals surface area contributed by atoms with Gasteiger partial charge < -0.3 is 9.84 Å². The Balaban J connectivity index is 0.000000274. The van der Waals surface area contributed by atoms with Gasteiger partial charge in [-0.1, -0.05) is 40.6 Å². The molecule has 0 aromatic heterocycles. The minimum absolute atomic E-state index is 0.0468. The smallest absolute Gasteiger partial charge is 0.416 e. The first-order valence-electron chi connectivity index (χ1n) is 13.5. The van der Waals surface area contributed by atoms with Gasteiger partial charge in [-0.25, -0.2) is 27.3 Å². The van der Waals surface area contributed by atoms with Crippen LogP contribution in [0.4, 0.5) is 22.4 Å². The molecule has 228 valence electrons. The van der Waals surface area contributed by atoms with Gasteiger partial charge in [-0.15, -0.1) is 0 Å². The van der Waals surface area contributed by atoms with Crippen molar-refractivity contribution in [2.45, 2.75) is 87.8 Å². The number of aliphatic carboxylic acids is 1. The second-order valence-electron chi connectivity index (χ2n) is 10.7. The minimum atomic E-state index is -2.76. The van der Waals surface area contributed by atoms with Crippen LogP contribution in [0.1, 0.15) is 56.9 Å². The fourth-order valence-electron chi connectivity index (χ4n) is 5.47. The monoisotopic (exact) mass is 597 g/mol. The Morgan fingerprint density at radius 1 is 0.929 bits per heavy atom. The van der Waals surface area contributed by atoms with E-state index >= 15 is 0 Å². The number of carboxylic acid groups (broad SMARTS) is 1. The molecule has 1 aromatic carbocycles. The summed E-state index contributed by atoms with van der Waals surface area (Å²) in [5.74, 6) is -8.37. The summed E-state index contributed by atoms with van der Waals surface area (Å²) in [5, 5.41) is 15.4. The van der Waals surface area contributed by atoms with Crippen LogP contribution in [0.3, 0.4) is 0 Å². The Morgan fingerprint density at radius 3 is 1.88 bits per heavy atom. The molecule has 3 aliphatic rings. The third kappa shape index (κ3) is 8.73. The summed E-state index contributed by atoms with van der Waals surface area (Å²) in [7, 11) is 0. The molecule has 0 bridgehead atoms. The maximum absolute atomic E-state index is 13.4. The number of ether oxygens (including phenoxy) is 1. The molecule has 1 heterocycles. The van der Waals surface area contributed by atoms with Gasteiger partial charge in [0.15, 0.2) is 0 Å². The molecule has 16 heteroatoms. The minimum Gasteiger partial charge on any atom is -0.481 e. The van der Waals surface area contributed by atoms with Crippen LogP contribution in [0.15, 0.2) is 40.6 Å². The average molecular weight is 598 g/mol. The van der Waals surface area contributed by atoms with Crippen LogP contribution in [0, 0.1) is 11.8 Å². The molecule has 0 spiro atoms. The SMILES string of the molecule is [N-]=[N+]=N[C@H](C(=O)N1C(=O)OC[C@@H]1Cc1ccccc1)C1CCC(F)(F)CC1.[N-]=[N+]=N[C@H](C(=O)O)C1CCC(F)(F)CC1. The molecule has 2 saturated carbocycles. The zero-order valence-corrected chi connectivity index (χ0v) is 22.6. The molecule has 2 amide bonds. The fourth-order valence-corrected chi connectivity index (χ4v) is 5.47. The highest BCUT2D eigenvalue weighted by molar-refractivity contribution is 5.96. The van der Waals surface area contributed by atoms with Gasteiger partial charge in [0.25, 0.3) is 0 Å². The number of carboxylic acids is 1. The van der Waals surface area contributed by atoms with Crippen LogP contribution < -0.4 is 0 Å². The molecule has 42 heavy (non-hydrogen) atoms. The van der Waals surface area contributed by atoms with E-state index in [-0.39, 0.29) is 58.0 Å². The summed E-state index contributed by atoms with van der Waals surface area (Å²) in [6, 6.07) is 6.39. The number of amides is 2. The zero-order valence-electron chi connectivity index (χ0n) is 22.6. The van der Waals surface area contributed by atoms with Crippen molar-refractivity contribution in [3.05, 3.63) is 56.8 Å². The van der Waals surface area contributed by atoms with E-state index in [1.54, 1.807) is 0 Å². The average Bonchev–Trinajstić information content (AvgIpc) is 3.31. The van der Waals surface area contributed by atoms with Crippen molar-refractivity contribution < 1.29 is 41.8 Å². The lowest BCUT2D eigenvalue weighted by molar-refractivity contribution is -0.141. The van der Waals surface area contributed by atoms with Crippen molar-refractivity contribution >= 4 is 18.0 Å². The number of rotatable bonds is 8. The number of cyclic esters (lactones) is 1. The molecule has 1 N–H and O–H groups in total. The lowest BCUT2D eigenvalue weighted by Crippen LogP contribution is -2.48. The molecule has 1 aliphatic heterocycles. The van der Waals surface area contributed by atoms with E-state index in [0.29, 0.717) is 6.42 Å². The topological polar surface area (TPSA) is 181 Å². The highest BCUT2D eigenvalue weighted by Crippen LogP contribution is 2.40. The third-order valence-electron chi connectivity index (χ3n) is 7.79. The Hall–Kier alpha value is -4.03. The van der Waals surface area contributed by atoms with Gasteiger partial charge in [0.05, 0.1) is 6.04 Å². The van der Waals surface area contributed by atoms with Gasteiger partial charge in [-0.2, -0.15) is 0 Å². The maximum Gasteiger partial charge on any atom is 0.416 e. The number of benzene rings is 1. The van der Waals surface area contributed by atoms with Crippen LogP contribution in [0.5, 0.6) is 0 Å². The number of nitrogens with zero attached hydrogens (tertiary/aromatic N) is 7. The van der Waals surface area contributed by atoms with Crippen molar-refractivity contribution in [1.29, 1.82) is 0 Å². The molecular weight excluding hydrogens is 566 g/mol. The predicted molar refractivity (Wildman–Crippen MR) is 139 cm³/mol. The second-order valence-corrected chi connectivity index (χ2v) is 10.7. The van der Waals surface area contributed by atoms with E-state index in [9.17, 15) is 31.9 Å². The predicted octanol–water partition coefficient (Wildman–Crippen LogP) is 6.66. The van der Waals surface area contributed by atoms with Crippen molar-refractivity contribution in [3.8, 4) is 0 Å². The van der Waals surface area contributed by atoms with Gasteiger partial charge in [-0.05, 0) is 60.6 Å². The molecule has 12 nitrogen and oxygen atoms in total. The Morgan fingerprint density at radius 2 is 1.40 bits per heavy atom. The van der Waals surface area contributed by atoms with E-state index in [1.807, 2.05) is 30.3 Å². The van der Waals surface area contributed by atoms with Gasteiger partial charge in [0, 0.05) is 35.5 Å². The number of carbonyl (C=O) groups is 3. The van der Waals surface area contributed by atoms with Crippen molar-refractivity contribution in [1.82, 2.24) is 4.90 Å². The van der Waals surface area contributed by atoms with Gasteiger partial charge in [0.2, 0.25) is 17.8 Å². The Kier molecular flexibility index (Phi) is 11.0. The van der Waals surface area contributed by atoms with Crippen molar-refractivity contribution in [2.24, 2.45) is 22.1 Å². The first-order valence-corrected chi connectivity index (χ1v) is 13.5. The molecule has 1 aromatic rings. The highest BCUT2D eigenvalue weighted by Gasteiger charge is 2.45. The van der Waals surface area contributed by atoms with Crippen LogP contribution in [0.2, 0.25) is 0 Å². The quantitative estimate of drug-likeness (QED) is 0.152. The Bertz CT molecular complexity index is 1200. The van der Waals surface area contributed by atoms with E-state index in [4.69, 9.17) is 20.9 Å². The molecule has 1 saturated heterocycles. The molecule has 2 aliphatic carbocycles. The number of hydrogen-bond donors (Lipinski definition) is 1. The number of halogens is 4. The summed E-state index contributed by atoms with van der Waals surface area (Å²) in [6.45, 7) is 0.0468. The molecule has 3 fully saturated rings. The van der Waals surface area contributed by atoms with E-state index in [2.05, 4.69) is 20.1 Å². The molecule has 0 unspecified atom stereocenters. The lowest BCUT2D eigenvalue weighted by Gasteiger charge is -2.32. The summed E-state index contributed by atoms with van der Waals surface area (Å²) in [4.78, 5) is 41.9. The van der Waals surface area contributed by atoms with E-state index < -0.39 is 59.8 Å². The van der Waals surface area contributed by atoms with Crippen molar-refractivity contribution in [2.75, 3.05) is 6.61 Å². The van der Waals surface area contributed by atoms with Crippen LogP contribution in [0.25, 0.3) is 20.9 Å². The Labute approximate surface area is 238 Å². The van der Waals surface area contributed by atoms with E-state index in [0.717, 1.165) is 10.5 Å². The highest BCUT2D eigenvalue weighted by atomic mass is 19.3. The number of hydrogen-bond acceptors (Lipinski definition) is 6. The van der Waals surface area contributed by atoms with E-state index in [1.165, 1.54) is 0 Å². The molecule has 3 atom stereocenters. The zero-order chi connectivity index (χ0) is 30.9.